The highest BCUT2D eigenvalue weighted by Crippen LogP contribution is 2.36. The number of anilines is 1. The standard InChI is InChI=1S/C17H24N4O4.C2H6/c1-3-7-20(8-4-2)14-6-5-13(21(24)25)15-11(10-19-16(14)15)9-12(18)17(22)23;1-2/h5-6,10,12,19H,3-4,7-9,18H2,1-2H3,(H,22,23);1-2H3. The molecule has 4 N–H and O–H groups in total. The van der Waals surface area contributed by atoms with Gasteiger partial charge in [0.15, 0.2) is 0 Å². The summed E-state index contributed by atoms with van der Waals surface area (Å²) in [5, 5.41) is 20.9. The van der Waals surface area contributed by atoms with Crippen molar-refractivity contribution in [2.24, 2.45) is 5.73 Å². The fourth-order valence-electron chi connectivity index (χ4n) is 3.08. The maximum atomic E-state index is 11.4. The number of nitrogens with two attached hydrogens (primary N) is 1. The van der Waals surface area contributed by atoms with Crippen LogP contribution >= 0.6 is 0 Å². The third kappa shape index (κ3) is 5.19. The highest BCUT2D eigenvalue weighted by Gasteiger charge is 2.24. The fourth-order valence-corrected chi connectivity index (χ4v) is 3.08. The highest BCUT2D eigenvalue weighted by molar-refractivity contribution is 6.00. The van der Waals surface area contributed by atoms with Gasteiger partial charge in [-0.15, -0.1) is 0 Å². The minimum absolute atomic E-state index is 0.0290. The van der Waals surface area contributed by atoms with Gasteiger partial charge in [-0.25, -0.2) is 0 Å². The lowest BCUT2D eigenvalue weighted by molar-refractivity contribution is -0.383. The van der Waals surface area contributed by atoms with Crippen molar-refractivity contribution in [3.8, 4) is 0 Å². The number of benzene rings is 1. The van der Waals surface area contributed by atoms with E-state index >= 15 is 0 Å². The molecule has 0 fully saturated rings. The number of rotatable bonds is 9. The van der Waals surface area contributed by atoms with Gasteiger partial charge in [0.25, 0.3) is 5.69 Å². The molecule has 0 bridgehead atoms. The molecule has 0 aliphatic heterocycles. The Labute approximate surface area is 159 Å². The second-order valence-electron chi connectivity index (χ2n) is 6.06. The zero-order valence-corrected chi connectivity index (χ0v) is 16.5. The minimum atomic E-state index is -1.13. The van der Waals surface area contributed by atoms with Crippen LogP contribution in [0.2, 0.25) is 0 Å². The van der Waals surface area contributed by atoms with Gasteiger partial charge in [0, 0.05) is 31.8 Å². The van der Waals surface area contributed by atoms with Gasteiger partial charge in [-0.1, -0.05) is 27.7 Å². The molecule has 0 saturated carbocycles. The number of aromatic nitrogens is 1. The second kappa shape index (κ2) is 10.5. The van der Waals surface area contributed by atoms with Gasteiger partial charge in [-0.3, -0.25) is 14.9 Å². The molecular weight excluding hydrogens is 348 g/mol. The van der Waals surface area contributed by atoms with Crippen molar-refractivity contribution in [3.05, 3.63) is 34.0 Å². The number of non-ortho nitro benzene ring substituents is 1. The van der Waals surface area contributed by atoms with E-state index in [0.717, 1.165) is 31.6 Å². The van der Waals surface area contributed by atoms with Crippen molar-refractivity contribution in [1.29, 1.82) is 0 Å². The Morgan fingerprint density at radius 2 is 1.89 bits per heavy atom. The summed E-state index contributed by atoms with van der Waals surface area (Å²) >= 11 is 0. The van der Waals surface area contributed by atoms with E-state index in [1.54, 1.807) is 12.3 Å². The molecule has 150 valence electrons. The average molecular weight is 378 g/mol. The second-order valence-corrected chi connectivity index (χ2v) is 6.06. The summed E-state index contributed by atoms with van der Waals surface area (Å²) in [6.07, 6.45) is 3.56. The predicted octanol–water partition coefficient (Wildman–Crippen LogP) is 3.68. The third-order valence-electron chi connectivity index (χ3n) is 4.15. The number of nitrogens with one attached hydrogen (secondary N) is 1. The molecular formula is C19H30N4O4. The lowest BCUT2D eigenvalue weighted by atomic mass is 10.0. The molecule has 0 aliphatic rings. The third-order valence-corrected chi connectivity index (χ3v) is 4.15. The van der Waals surface area contributed by atoms with E-state index in [-0.39, 0.29) is 12.1 Å². The number of carboxylic acids is 1. The van der Waals surface area contributed by atoms with Crippen LogP contribution in [0.15, 0.2) is 18.3 Å². The Kier molecular flexibility index (Phi) is 8.74. The first kappa shape index (κ1) is 22.4. The maximum Gasteiger partial charge on any atom is 0.320 e. The number of nitro benzene ring substituents is 1. The van der Waals surface area contributed by atoms with Gasteiger partial charge in [0.1, 0.15) is 6.04 Å². The molecule has 0 aliphatic carbocycles. The molecule has 27 heavy (non-hydrogen) atoms. The Hall–Kier alpha value is -2.61. The van der Waals surface area contributed by atoms with Crippen molar-refractivity contribution in [2.45, 2.75) is 53.0 Å². The summed E-state index contributed by atoms with van der Waals surface area (Å²) in [4.78, 5) is 27.3. The van der Waals surface area contributed by atoms with Crippen LogP contribution < -0.4 is 10.6 Å². The number of hydrogen-bond acceptors (Lipinski definition) is 5. The molecule has 2 aromatic rings. The molecule has 1 unspecified atom stereocenters. The molecule has 8 nitrogen and oxygen atoms in total. The van der Waals surface area contributed by atoms with Crippen molar-refractivity contribution >= 4 is 28.2 Å². The molecule has 1 atom stereocenters. The molecule has 1 aromatic carbocycles. The van der Waals surface area contributed by atoms with Gasteiger partial charge in [0.05, 0.1) is 21.5 Å². The lowest BCUT2D eigenvalue weighted by Crippen LogP contribution is -2.32. The van der Waals surface area contributed by atoms with Gasteiger partial charge < -0.3 is 20.7 Å². The first-order valence-corrected chi connectivity index (χ1v) is 9.41. The van der Waals surface area contributed by atoms with Crippen molar-refractivity contribution in [3.63, 3.8) is 0 Å². The summed E-state index contributed by atoms with van der Waals surface area (Å²) in [6.45, 7) is 9.84. The van der Waals surface area contributed by atoms with Crippen LogP contribution in [0, 0.1) is 10.1 Å². The molecule has 2 rings (SSSR count). The number of H-pyrrole nitrogens is 1. The minimum Gasteiger partial charge on any atom is -0.480 e. The van der Waals surface area contributed by atoms with Crippen LogP contribution in [0.4, 0.5) is 11.4 Å². The number of aliphatic carboxylic acids is 1. The summed E-state index contributed by atoms with van der Waals surface area (Å²) in [7, 11) is 0. The molecule has 0 saturated heterocycles. The Morgan fingerprint density at radius 3 is 2.37 bits per heavy atom. The Morgan fingerprint density at radius 1 is 1.30 bits per heavy atom. The largest absolute Gasteiger partial charge is 0.480 e. The molecule has 0 amide bonds. The SMILES string of the molecule is CC.CCCN(CCC)c1ccc([N+](=O)[O-])c2c(CC(N)C(=O)O)c[nH]c12. The van der Waals surface area contributed by atoms with Crippen molar-refractivity contribution in [1.82, 2.24) is 4.98 Å². The van der Waals surface area contributed by atoms with E-state index in [0.29, 0.717) is 16.5 Å². The number of aromatic amines is 1. The van der Waals surface area contributed by atoms with Crippen LogP contribution in [0.3, 0.4) is 0 Å². The van der Waals surface area contributed by atoms with Crippen LogP contribution in [-0.4, -0.2) is 40.1 Å². The zero-order valence-electron chi connectivity index (χ0n) is 16.5. The molecule has 0 radical (unpaired) electrons. The number of nitrogens with zero attached hydrogens (tertiary/aromatic N) is 2. The fraction of sp³-hybridized carbons (Fsp3) is 0.526. The van der Waals surface area contributed by atoms with Gasteiger partial charge >= 0.3 is 5.97 Å². The predicted molar refractivity (Wildman–Crippen MR) is 108 cm³/mol. The summed E-state index contributed by atoms with van der Waals surface area (Å²) in [5.41, 5.74) is 7.68. The first-order chi connectivity index (χ1) is 12.9. The van der Waals surface area contributed by atoms with E-state index in [9.17, 15) is 14.9 Å². The number of carbonyl (C=O) groups is 1. The summed E-state index contributed by atoms with van der Waals surface area (Å²) < 4.78 is 0. The smallest absolute Gasteiger partial charge is 0.320 e. The molecule has 0 spiro atoms. The van der Waals surface area contributed by atoms with E-state index in [1.807, 2.05) is 13.8 Å². The van der Waals surface area contributed by atoms with Gasteiger partial charge in [-0.05, 0) is 24.5 Å². The van der Waals surface area contributed by atoms with Crippen molar-refractivity contribution in [2.75, 3.05) is 18.0 Å². The zero-order chi connectivity index (χ0) is 20.6. The van der Waals surface area contributed by atoms with Crippen LogP contribution in [0.5, 0.6) is 0 Å². The van der Waals surface area contributed by atoms with Crippen LogP contribution in [-0.2, 0) is 11.2 Å². The number of fused-ring (bicyclic) bond motifs is 1. The maximum absolute atomic E-state index is 11.4. The van der Waals surface area contributed by atoms with E-state index < -0.39 is 16.9 Å². The summed E-state index contributed by atoms with van der Waals surface area (Å²) in [5.74, 6) is -1.13. The van der Waals surface area contributed by atoms with Crippen LogP contribution in [0.1, 0.15) is 46.1 Å². The summed E-state index contributed by atoms with van der Waals surface area (Å²) in [6, 6.07) is 2.13. The topological polar surface area (TPSA) is 125 Å². The van der Waals surface area contributed by atoms with Gasteiger partial charge in [-0.2, -0.15) is 0 Å². The number of carboxylic acid groups (broad SMARTS) is 1. The number of nitro groups is 1. The van der Waals surface area contributed by atoms with E-state index in [2.05, 4.69) is 23.7 Å². The highest BCUT2D eigenvalue weighted by atomic mass is 16.6. The first-order valence-electron chi connectivity index (χ1n) is 9.41. The monoisotopic (exact) mass is 378 g/mol. The molecule has 8 heteroatoms. The van der Waals surface area contributed by atoms with Gasteiger partial charge in [0.2, 0.25) is 0 Å². The van der Waals surface area contributed by atoms with E-state index in [4.69, 9.17) is 10.8 Å². The Balaban J connectivity index is 0.00000176. The van der Waals surface area contributed by atoms with Crippen LogP contribution in [0.25, 0.3) is 10.9 Å². The number of hydrogen-bond donors (Lipinski definition) is 3. The Bertz CT molecular complexity index is 766. The van der Waals surface area contributed by atoms with Crippen molar-refractivity contribution < 1.29 is 14.8 Å². The normalized spacial score (nSPS) is 11.6. The molecule has 1 aromatic heterocycles. The molecule has 1 heterocycles. The lowest BCUT2D eigenvalue weighted by Gasteiger charge is -2.24. The quantitative estimate of drug-likeness (QED) is 0.451. The van der Waals surface area contributed by atoms with E-state index in [1.165, 1.54) is 6.07 Å². The average Bonchev–Trinajstić information content (AvgIpc) is 3.06.